The molecule has 5 heterocycles. The lowest BCUT2D eigenvalue weighted by Gasteiger charge is -2.46. The minimum absolute atomic E-state index is 0.00660. The number of benzene rings is 1. The lowest BCUT2D eigenvalue weighted by atomic mass is 9.80. The molecule has 5 aromatic rings. The van der Waals surface area contributed by atoms with Crippen LogP contribution in [-0.4, -0.2) is 79.1 Å². The van der Waals surface area contributed by atoms with Gasteiger partial charge in [-0.3, -0.25) is 5.10 Å². The molecule has 0 bridgehead atoms. The molecule has 6 rings (SSSR count). The quantitative estimate of drug-likeness (QED) is 0.256. The molecule has 4 aromatic heterocycles. The number of carboxylic acid groups (broad SMARTS) is 1. The molecular weight excluding hydrogens is 531 g/mol. The van der Waals surface area contributed by atoms with Gasteiger partial charge >= 0.3 is 12.1 Å². The highest BCUT2D eigenvalue weighted by molar-refractivity contribution is 5.99. The van der Waals surface area contributed by atoms with Crippen LogP contribution < -0.4 is 5.32 Å². The van der Waals surface area contributed by atoms with E-state index in [1.54, 1.807) is 6.20 Å². The largest absolute Gasteiger partial charge is 0.490 e. The minimum atomic E-state index is -5.08. The number of alkyl halides is 3. The van der Waals surface area contributed by atoms with Crippen LogP contribution >= 0.6 is 0 Å². The number of hydrogen-bond donors (Lipinski definition) is 4. The summed E-state index contributed by atoms with van der Waals surface area (Å²) in [6.45, 7) is 8.89. The van der Waals surface area contributed by atoms with Crippen LogP contribution in [0.5, 0.6) is 0 Å². The van der Waals surface area contributed by atoms with E-state index in [9.17, 15) is 13.2 Å². The Labute approximate surface area is 224 Å². The highest BCUT2D eigenvalue weighted by atomic mass is 19.4. The molecule has 1 saturated heterocycles. The lowest BCUT2D eigenvalue weighted by Crippen LogP contribution is -2.58. The predicted octanol–water partition coefficient (Wildman–Crippen LogP) is 3.66. The topological polar surface area (TPSA) is 176 Å². The third-order valence-electron chi connectivity index (χ3n) is 6.54. The highest BCUT2D eigenvalue weighted by Gasteiger charge is 2.40. The Morgan fingerprint density at radius 1 is 1.02 bits per heavy atom. The Bertz CT molecular complexity index is 1660. The molecule has 1 aliphatic heterocycles. The summed E-state index contributed by atoms with van der Waals surface area (Å²) < 4.78 is 33.7. The number of rotatable bonds is 3. The summed E-state index contributed by atoms with van der Waals surface area (Å²) in [6.07, 6.45) is 0.383. The van der Waals surface area contributed by atoms with Gasteiger partial charge < -0.3 is 10.4 Å². The van der Waals surface area contributed by atoms with Crippen LogP contribution in [0.2, 0.25) is 0 Å². The number of carbonyl (C=O) groups is 1. The molecule has 0 saturated carbocycles. The molecule has 13 nitrogen and oxygen atoms in total. The Hall–Kier alpha value is -4.47. The van der Waals surface area contributed by atoms with Gasteiger partial charge in [0.2, 0.25) is 5.65 Å². The number of aromatic nitrogens is 10. The second kappa shape index (κ2) is 9.62. The van der Waals surface area contributed by atoms with E-state index >= 15 is 0 Å². The summed E-state index contributed by atoms with van der Waals surface area (Å²) in [5.41, 5.74) is 6.26. The zero-order chi connectivity index (χ0) is 28.9. The van der Waals surface area contributed by atoms with Crippen molar-refractivity contribution < 1.29 is 23.1 Å². The van der Waals surface area contributed by atoms with Crippen LogP contribution in [0.15, 0.2) is 30.6 Å². The molecule has 0 radical (unpaired) electrons. The first-order valence-electron chi connectivity index (χ1n) is 12.3. The highest BCUT2D eigenvalue weighted by Crippen LogP contribution is 2.37. The maximum absolute atomic E-state index is 10.6. The van der Waals surface area contributed by atoms with Crippen molar-refractivity contribution in [2.24, 2.45) is 0 Å². The van der Waals surface area contributed by atoms with Crippen molar-refractivity contribution in [2.75, 3.05) is 0 Å². The van der Waals surface area contributed by atoms with Gasteiger partial charge in [0, 0.05) is 34.0 Å². The molecule has 4 N–H and O–H groups in total. The number of hydrogen-bond acceptors (Lipinski definition) is 9. The molecule has 0 unspecified atom stereocenters. The SMILES string of the molecule is CC1(C)CC(n2nnc3cc(-c4ccc(-c5cn[nH]c5)c5n[nH]nc45)nnc32)CC(C)(C)N1.O=C(O)C(F)(F)F. The summed E-state index contributed by atoms with van der Waals surface area (Å²) in [7, 11) is 0. The number of piperidine rings is 1. The fourth-order valence-electron chi connectivity index (χ4n) is 5.34. The molecular formula is C24H26F3N11O2. The van der Waals surface area contributed by atoms with Crippen LogP contribution in [0.25, 0.3) is 44.6 Å². The first-order chi connectivity index (χ1) is 18.7. The molecule has 210 valence electrons. The van der Waals surface area contributed by atoms with E-state index in [1.165, 1.54) is 0 Å². The number of aromatic amines is 2. The van der Waals surface area contributed by atoms with E-state index in [2.05, 4.69) is 79.1 Å². The van der Waals surface area contributed by atoms with Gasteiger partial charge in [-0.2, -0.15) is 33.7 Å². The molecule has 1 fully saturated rings. The molecule has 0 spiro atoms. The summed E-state index contributed by atoms with van der Waals surface area (Å²) in [4.78, 5) is 8.90. The van der Waals surface area contributed by atoms with Gasteiger partial charge in [-0.25, -0.2) is 9.48 Å². The van der Waals surface area contributed by atoms with Crippen LogP contribution in [-0.2, 0) is 4.79 Å². The second-order valence-corrected chi connectivity index (χ2v) is 10.9. The fourth-order valence-corrected chi connectivity index (χ4v) is 5.34. The van der Waals surface area contributed by atoms with Gasteiger partial charge in [-0.1, -0.05) is 11.3 Å². The summed E-state index contributed by atoms with van der Waals surface area (Å²) in [6, 6.07) is 6.08. The Balaban J connectivity index is 0.000000411. The van der Waals surface area contributed by atoms with Crippen molar-refractivity contribution in [2.45, 2.75) is 63.8 Å². The molecule has 1 aromatic carbocycles. The average Bonchev–Trinajstić information content (AvgIpc) is 3.62. The molecule has 0 amide bonds. The first-order valence-corrected chi connectivity index (χ1v) is 12.3. The molecule has 0 atom stereocenters. The Morgan fingerprint density at radius 2 is 1.65 bits per heavy atom. The summed E-state index contributed by atoms with van der Waals surface area (Å²) in [5.74, 6) is -2.76. The number of halogens is 3. The predicted molar refractivity (Wildman–Crippen MR) is 137 cm³/mol. The first kappa shape index (κ1) is 27.1. The van der Waals surface area contributed by atoms with Crippen molar-refractivity contribution in [1.29, 1.82) is 0 Å². The maximum atomic E-state index is 10.6. The number of carboxylic acids is 1. The minimum Gasteiger partial charge on any atom is -0.475 e. The summed E-state index contributed by atoms with van der Waals surface area (Å²) >= 11 is 0. The van der Waals surface area contributed by atoms with Gasteiger partial charge in [-0.15, -0.1) is 15.3 Å². The smallest absolute Gasteiger partial charge is 0.475 e. The lowest BCUT2D eigenvalue weighted by molar-refractivity contribution is -0.192. The number of H-pyrrole nitrogens is 2. The van der Waals surface area contributed by atoms with E-state index in [-0.39, 0.29) is 17.1 Å². The Kier molecular flexibility index (Phi) is 6.52. The van der Waals surface area contributed by atoms with E-state index < -0.39 is 12.1 Å². The molecule has 1 aliphatic rings. The molecule has 40 heavy (non-hydrogen) atoms. The monoisotopic (exact) mass is 557 g/mol. The molecule has 0 aliphatic carbocycles. The third-order valence-corrected chi connectivity index (χ3v) is 6.54. The zero-order valence-corrected chi connectivity index (χ0v) is 21.9. The van der Waals surface area contributed by atoms with Gasteiger partial charge in [-0.05, 0) is 52.7 Å². The maximum Gasteiger partial charge on any atom is 0.490 e. The van der Waals surface area contributed by atoms with Crippen molar-refractivity contribution in [3.63, 3.8) is 0 Å². The van der Waals surface area contributed by atoms with Crippen LogP contribution in [0.4, 0.5) is 13.2 Å². The van der Waals surface area contributed by atoms with Gasteiger partial charge in [0.15, 0.2) is 0 Å². The van der Waals surface area contributed by atoms with Crippen molar-refractivity contribution in [3.8, 4) is 22.4 Å². The van der Waals surface area contributed by atoms with Gasteiger partial charge in [0.05, 0.1) is 17.9 Å². The van der Waals surface area contributed by atoms with Gasteiger partial charge in [0.25, 0.3) is 0 Å². The van der Waals surface area contributed by atoms with Gasteiger partial charge in [0.1, 0.15) is 16.6 Å². The summed E-state index contributed by atoms with van der Waals surface area (Å²) in [5, 5.41) is 47.2. The van der Waals surface area contributed by atoms with Crippen molar-refractivity contribution in [1.82, 2.24) is 56.1 Å². The Morgan fingerprint density at radius 3 is 2.25 bits per heavy atom. The van der Waals surface area contributed by atoms with E-state index in [4.69, 9.17) is 9.90 Å². The fraction of sp³-hybridized carbons (Fsp3) is 0.417. The van der Waals surface area contributed by atoms with Crippen molar-refractivity contribution >= 4 is 28.2 Å². The number of nitrogens with one attached hydrogen (secondary N) is 3. The van der Waals surface area contributed by atoms with Crippen molar-refractivity contribution in [3.05, 3.63) is 30.6 Å². The van der Waals surface area contributed by atoms with E-state index in [1.807, 2.05) is 29.1 Å². The number of nitrogens with zero attached hydrogens (tertiary/aromatic N) is 8. The van der Waals surface area contributed by atoms with E-state index in [0.717, 1.165) is 40.6 Å². The van der Waals surface area contributed by atoms with Crippen LogP contribution in [0.3, 0.4) is 0 Å². The van der Waals surface area contributed by atoms with E-state index in [0.29, 0.717) is 16.9 Å². The molecule has 16 heteroatoms. The zero-order valence-electron chi connectivity index (χ0n) is 21.9. The average molecular weight is 558 g/mol. The third kappa shape index (κ3) is 5.34. The van der Waals surface area contributed by atoms with Crippen LogP contribution in [0, 0.1) is 0 Å². The standard InChI is InChI=1S/C22H25N11.C2HF3O2/c1-21(2)8-13(9-22(3,4)30-21)33-20-17(26-32-33)7-16(25-29-20)15-6-5-14(12-10-23-24-11-12)18-19(15)28-31-27-18;3-2(4,5)1(6)7/h5-7,10-11,13,30H,8-9H2,1-4H3,(H,23,24)(H,27,28,31);(H,6,7). The second-order valence-electron chi connectivity index (χ2n) is 10.9. The van der Waals surface area contributed by atoms with Crippen LogP contribution in [0.1, 0.15) is 46.6 Å². The number of aliphatic carboxylic acids is 1. The number of fused-ring (bicyclic) bond motifs is 2. The normalized spacial score (nSPS) is 17.1.